The lowest BCUT2D eigenvalue weighted by Gasteiger charge is -2.06. The highest BCUT2D eigenvalue weighted by Crippen LogP contribution is 2.14. The molecule has 4 heteroatoms. The Morgan fingerprint density at radius 2 is 2.47 bits per heavy atom. The smallest absolute Gasteiger partial charge is 0.156 e. The average Bonchev–Trinajstić information content (AvgIpc) is 2.89. The summed E-state index contributed by atoms with van der Waals surface area (Å²) in [4.78, 5) is 8.69. The zero-order valence-electron chi connectivity index (χ0n) is 8.56. The highest BCUT2D eigenvalue weighted by Gasteiger charge is 2.17. The van der Waals surface area contributed by atoms with Gasteiger partial charge in [-0.15, -0.1) is 0 Å². The number of imidazole rings is 1. The summed E-state index contributed by atoms with van der Waals surface area (Å²) in [6, 6.07) is 1.95. The van der Waals surface area contributed by atoms with Crippen molar-refractivity contribution < 1.29 is 0 Å². The second-order valence-electron chi connectivity index (χ2n) is 4.09. The van der Waals surface area contributed by atoms with Crippen molar-refractivity contribution in [2.45, 2.75) is 12.8 Å². The summed E-state index contributed by atoms with van der Waals surface area (Å²) in [6.45, 7) is 2.27. The minimum Gasteiger partial charge on any atom is -0.316 e. The van der Waals surface area contributed by atoms with Gasteiger partial charge in [0, 0.05) is 18.8 Å². The van der Waals surface area contributed by atoms with Gasteiger partial charge in [-0.25, -0.2) is 9.97 Å². The Balaban J connectivity index is 1.90. The van der Waals surface area contributed by atoms with E-state index in [1.165, 1.54) is 6.42 Å². The van der Waals surface area contributed by atoms with Gasteiger partial charge in [0.25, 0.3) is 0 Å². The molecule has 1 fully saturated rings. The van der Waals surface area contributed by atoms with E-state index in [0.29, 0.717) is 0 Å². The number of rotatable bonds is 2. The SMILES string of the molecule is c1cnc2cnc(CC3CCNC3)n2c1. The molecule has 1 N–H and O–H groups in total. The molecule has 1 aliphatic heterocycles. The molecule has 1 saturated heterocycles. The van der Waals surface area contributed by atoms with Gasteiger partial charge in [-0.3, -0.25) is 4.40 Å². The Morgan fingerprint density at radius 3 is 3.33 bits per heavy atom. The largest absolute Gasteiger partial charge is 0.316 e. The maximum absolute atomic E-state index is 4.43. The van der Waals surface area contributed by atoms with Crippen LogP contribution in [0.1, 0.15) is 12.2 Å². The number of hydrogen-bond acceptors (Lipinski definition) is 3. The fraction of sp³-hybridized carbons (Fsp3) is 0.455. The Kier molecular flexibility index (Phi) is 2.14. The van der Waals surface area contributed by atoms with Crippen molar-refractivity contribution in [3.63, 3.8) is 0 Å². The quantitative estimate of drug-likeness (QED) is 0.786. The lowest BCUT2D eigenvalue weighted by atomic mass is 10.1. The van der Waals surface area contributed by atoms with Crippen LogP contribution in [0.5, 0.6) is 0 Å². The van der Waals surface area contributed by atoms with Crippen LogP contribution in [0.25, 0.3) is 5.65 Å². The molecule has 78 valence electrons. The van der Waals surface area contributed by atoms with E-state index < -0.39 is 0 Å². The molecular weight excluding hydrogens is 188 g/mol. The molecular formula is C11H14N4. The zero-order valence-corrected chi connectivity index (χ0v) is 8.56. The molecule has 2 aromatic rings. The Hall–Kier alpha value is -1.42. The first kappa shape index (κ1) is 8.85. The number of hydrogen-bond donors (Lipinski definition) is 1. The highest BCUT2D eigenvalue weighted by atomic mass is 15.1. The molecule has 4 nitrogen and oxygen atoms in total. The topological polar surface area (TPSA) is 42.2 Å². The molecule has 0 aromatic carbocycles. The summed E-state index contributed by atoms with van der Waals surface area (Å²) in [6.07, 6.45) is 7.99. The van der Waals surface area contributed by atoms with E-state index >= 15 is 0 Å². The summed E-state index contributed by atoms with van der Waals surface area (Å²) < 4.78 is 2.08. The predicted octanol–water partition coefficient (Wildman–Crippen LogP) is 0.881. The second-order valence-corrected chi connectivity index (χ2v) is 4.09. The minimum absolute atomic E-state index is 0.732. The lowest BCUT2D eigenvalue weighted by Crippen LogP contribution is -2.12. The highest BCUT2D eigenvalue weighted by molar-refractivity contribution is 5.36. The van der Waals surface area contributed by atoms with Crippen molar-refractivity contribution in [1.82, 2.24) is 19.7 Å². The Labute approximate surface area is 88.4 Å². The van der Waals surface area contributed by atoms with E-state index in [2.05, 4.69) is 19.7 Å². The molecule has 3 rings (SSSR count). The van der Waals surface area contributed by atoms with Crippen LogP contribution in [0, 0.1) is 5.92 Å². The van der Waals surface area contributed by atoms with E-state index in [1.54, 1.807) is 6.20 Å². The first-order valence-corrected chi connectivity index (χ1v) is 5.41. The van der Waals surface area contributed by atoms with E-state index in [9.17, 15) is 0 Å². The van der Waals surface area contributed by atoms with Crippen molar-refractivity contribution in [2.24, 2.45) is 5.92 Å². The van der Waals surface area contributed by atoms with Crippen LogP contribution in [0.2, 0.25) is 0 Å². The van der Waals surface area contributed by atoms with Gasteiger partial charge in [-0.2, -0.15) is 0 Å². The molecule has 0 radical (unpaired) electrons. The number of nitrogens with one attached hydrogen (secondary N) is 1. The molecule has 1 unspecified atom stereocenters. The maximum atomic E-state index is 4.43. The Bertz CT molecular complexity index is 456. The minimum atomic E-state index is 0.732. The third-order valence-electron chi connectivity index (χ3n) is 3.02. The van der Waals surface area contributed by atoms with E-state index in [0.717, 1.165) is 36.9 Å². The fourth-order valence-corrected chi connectivity index (χ4v) is 2.19. The van der Waals surface area contributed by atoms with E-state index in [-0.39, 0.29) is 0 Å². The van der Waals surface area contributed by atoms with Crippen molar-refractivity contribution in [3.05, 3.63) is 30.5 Å². The number of fused-ring (bicyclic) bond motifs is 1. The summed E-state index contributed by atoms with van der Waals surface area (Å²) in [5.41, 5.74) is 0.943. The van der Waals surface area contributed by atoms with Gasteiger partial charge >= 0.3 is 0 Å². The van der Waals surface area contributed by atoms with Crippen LogP contribution in [0.15, 0.2) is 24.7 Å². The second kappa shape index (κ2) is 3.62. The van der Waals surface area contributed by atoms with Gasteiger partial charge in [0.1, 0.15) is 5.82 Å². The standard InChI is InChI=1S/C11H14N4/c1-3-13-11-8-14-10(15(11)5-1)6-9-2-4-12-7-9/h1,3,5,8-9,12H,2,4,6-7H2. The molecule has 1 aliphatic rings. The van der Waals surface area contributed by atoms with E-state index in [4.69, 9.17) is 0 Å². The van der Waals surface area contributed by atoms with E-state index in [1.807, 2.05) is 18.5 Å². The van der Waals surface area contributed by atoms with Crippen molar-refractivity contribution in [1.29, 1.82) is 0 Å². The molecule has 2 aromatic heterocycles. The van der Waals surface area contributed by atoms with Crippen LogP contribution in [-0.2, 0) is 6.42 Å². The van der Waals surface area contributed by atoms with Crippen molar-refractivity contribution in [2.75, 3.05) is 13.1 Å². The zero-order chi connectivity index (χ0) is 10.1. The van der Waals surface area contributed by atoms with Crippen LogP contribution >= 0.6 is 0 Å². The molecule has 1 atom stereocenters. The van der Waals surface area contributed by atoms with Crippen LogP contribution in [0.3, 0.4) is 0 Å². The lowest BCUT2D eigenvalue weighted by molar-refractivity contribution is 0.560. The van der Waals surface area contributed by atoms with Crippen LogP contribution < -0.4 is 5.32 Å². The first-order chi connectivity index (χ1) is 7.43. The molecule has 15 heavy (non-hydrogen) atoms. The molecule has 0 spiro atoms. The van der Waals surface area contributed by atoms with Gasteiger partial charge in [-0.05, 0) is 31.5 Å². The average molecular weight is 202 g/mol. The first-order valence-electron chi connectivity index (χ1n) is 5.41. The molecule has 0 bridgehead atoms. The summed E-state index contributed by atoms with van der Waals surface area (Å²) in [5, 5.41) is 3.38. The third-order valence-corrected chi connectivity index (χ3v) is 3.02. The summed E-state index contributed by atoms with van der Waals surface area (Å²) in [7, 11) is 0. The van der Waals surface area contributed by atoms with Crippen molar-refractivity contribution >= 4 is 5.65 Å². The molecule has 3 heterocycles. The summed E-state index contributed by atoms with van der Waals surface area (Å²) in [5.74, 6) is 1.86. The maximum Gasteiger partial charge on any atom is 0.156 e. The monoisotopic (exact) mass is 202 g/mol. The summed E-state index contributed by atoms with van der Waals surface area (Å²) >= 11 is 0. The van der Waals surface area contributed by atoms with Crippen LogP contribution in [-0.4, -0.2) is 27.5 Å². The van der Waals surface area contributed by atoms with Gasteiger partial charge in [0.2, 0.25) is 0 Å². The molecule has 0 amide bonds. The van der Waals surface area contributed by atoms with Gasteiger partial charge in [-0.1, -0.05) is 0 Å². The van der Waals surface area contributed by atoms with Gasteiger partial charge in [0.15, 0.2) is 5.65 Å². The van der Waals surface area contributed by atoms with Gasteiger partial charge < -0.3 is 5.32 Å². The number of aromatic nitrogens is 3. The predicted molar refractivity (Wildman–Crippen MR) is 57.7 cm³/mol. The molecule has 0 aliphatic carbocycles. The van der Waals surface area contributed by atoms with Crippen LogP contribution in [0.4, 0.5) is 0 Å². The Morgan fingerprint density at radius 1 is 1.47 bits per heavy atom. The fourth-order valence-electron chi connectivity index (χ4n) is 2.19. The molecule has 0 saturated carbocycles. The normalized spacial score (nSPS) is 21.2. The number of nitrogens with zero attached hydrogens (tertiary/aromatic N) is 3. The van der Waals surface area contributed by atoms with Gasteiger partial charge in [0.05, 0.1) is 6.20 Å². The third kappa shape index (κ3) is 1.61. The van der Waals surface area contributed by atoms with Crippen molar-refractivity contribution in [3.8, 4) is 0 Å².